The molecule has 0 saturated carbocycles. The Kier molecular flexibility index (Phi) is 5.92. The van der Waals surface area contributed by atoms with Crippen molar-refractivity contribution in [3.05, 3.63) is 77.2 Å². The monoisotopic (exact) mass is 437 g/mol. The lowest BCUT2D eigenvalue weighted by molar-refractivity contribution is 0.598. The quantitative estimate of drug-likeness (QED) is 0.500. The molecule has 0 unspecified atom stereocenters. The summed E-state index contributed by atoms with van der Waals surface area (Å²) in [7, 11) is -7.52. The summed E-state index contributed by atoms with van der Waals surface area (Å²) in [6.45, 7) is 0. The summed E-state index contributed by atoms with van der Waals surface area (Å²) in [5, 5.41) is 1.65. The summed E-state index contributed by atoms with van der Waals surface area (Å²) in [5.41, 5.74) is 7.24. The lowest BCUT2D eigenvalue weighted by Crippen LogP contribution is -2.19. The van der Waals surface area contributed by atoms with Crippen molar-refractivity contribution in [3.63, 3.8) is 0 Å². The van der Waals surface area contributed by atoms with E-state index in [1.54, 1.807) is 60.7 Å². The Balaban J connectivity index is 1.78. The molecule has 4 N–H and O–H groups in total. The summed E-state index contributed by atoms with van der Waals surface area (Å²) in [5.74, 6) is -0.487. The van der Waals surface area contributed by atoms with E-state index in [0.29, 0.717) is 11.1 Å². The Labute approximate surface area is 168 Å². The van der Waals surface area contributed by atoms with Crippen LogP contribution in [-0.4, -0.2) is 16.8 Å². The van der Waals surface area contributed by atoms with E-state index in [4.69, 9.17) is 5.73 Å². The topological polar surface area (TPSA) is 118 Å². The SMILES string of the molecule is Nc1scc(NS(=O)(=O)Cc2ccccc2)c1NS(=O)(=O)Cc1ccccc1. The van der Waals surface area contributed by atoms with Gasteiger partial charge in [-0.2, -0.15) is 0 Å². The van der Waals surface area contributed by atoms with Crippen molar-refractivity contribution in [1.29, 1.82) is 0 Å². The van der Waals surface area contributed by atoms with Gasteiger partial charge < -0.3 is 5.73 Å². The molecule has 0 amide bonds. The molecular formula is C18H19N3O4S3. The Morgan fingerprint density at radius 1 is 0.750 bits per heavy atom. The number of nitrogens with one attached hydrogen (secondary N) is 2. The van der Waals surface area contributed by atoms with Crippen LogP contribution in [0, 0.1) is 0 Å². The van der Waals surface area contributed by atoms with Crippen molar-refractivity contribution in [2.45, 2.75) is 11.5 Å². The van der Waals surface area contributed by atoms with Crippen LogP contribution in [0.3, 0.4) is 0 Å². The molecule has 10 heteroatoms. The number of thiophene rings is 1. The highest BCUT2D eigenvalue weighted by Gasteiger charge is 2.21. The van der Waals surface area contributed by atoms with Crippen LogP contribution in [0.4, 0.5) is 16.4 Å². The zero-order valence-electron chi connectivity index (χ0n) is 14.7. The van der Waals surface area contributed by atoms with Gasteiger partial charge in [0.25, 0.3) is 0 Å². The van der Waals surface area contributed by atoms with Gasteiger partial charge in [-0.1, -0.05) is 60.7 Å². The van der Waals surface area contributed by atoms with Crippen LogP contribution in [0.1, 0.15) is 11.1 Å². The van der Waals surface area contributed by atoms with Gasteiger partial charge in [-0.25, -0.2) is 16.8 Å². The zero-order chi connectivity index (χ0) is 20.2. The molecule has 3 rings (SSSR count). The number of benzene rings is 2. The molecule has 148 valence electrons. The minimum absolute atomic E-state index is 0.0394. The summed E-state index contributed by atoms with van der Waals surface area (Å²) in [4.78, 5) is 0. The minimum Gasteiger partial charge on any atom is -0.389 e. The van der Waals surface area contributed by atoms with Gasteiger partial charge in [0.15, 0.2) is 0 Å². The fourth-order valence-corrected chi connectivity index (χ4v) is 5.81. The van der Waals surface area contributed by atoms with Gasteiger partial charge >= 0.3 is 0 Å². The maximum Gasteiger partial charge on any atom is 0.237 e. The molecule has 0 aliphatic rings. The van der Waals surface area contributed by atoms with E-state index in [1.165, 1.54) is 5.38 Å². The predicted octanol–water partition coefficient (Wildman–Crippen LogP) is 3.21. The molecule has 0 bridgehead atoms. The van der Waals surface area contributed by atoms with Crippen molar-refractivity contribution >= 4 is 47.8 Å². The van der Waals surface area contributed by atoms with Crippen LogP contribution in [-0.2, 0) is 31.6 Å². The second-order valence-corrected chi connectivity index (χ2v) is 10.4. The fourth-order valence-electron chi connectivity index (χ4n) is 2.54. The van der Waals surface area contributed by atoms with E-state index < -0.39 is 20.0 Å². The molecule has 0 radical (unpaired) electrons. The summed E-state index contributed by atoms with van der Waals surface area (Å²) >= 11 is 1.05. The lowest BCUT2D eigenvalue weighted by Gasteiger charge is -2.12. The Hall–Kier alpha value is -2.56. The van der Waals surface area contributed by atoms with E-state index in [9.17, 15) is 16.8 Å². The van der Waals surface area contributed by atoms with Gasteiger partial charge in [0.05, 0.1) is 17.2 Å². The Bertz CT molecular complexity index is 1140. The standard InChI is InChI=1S/C18H19N3O4S3/c19-18-17(21-28(24,25)13-15-9-5-2-6-10-15)16(11-26-18)20-27(22,23)12-14-7-3-1-4-8-14/h1-11,20-21H,12-13,19H2. The van der Waals surface area contributed by atoms with Crippen LogP contribution in [0.5, 0.6) is 0 Å². The van der Waals surface area contributed by atoms with Crippen LogP contribution >= 0.6 is 11.3 Å². The van der Waals surface area contributed by atoms with Gasteiger partial charge in [0.1, 0.15) is 10.7 Å². The smallest absolute Gasteiger partial charge is 0.237 e. The normalized spacial score (nSPS) is 11.9. The first-order chi connectivity index (χ1) is 13.2. The first-order valence-electron chi connectivity index (χ1n) is 8.20. The van der Waals surface area contributed by atoms with Crippen molar-refractivity contribution < 1.29 is 16.8 Å². The molecule has 0 saturated heterocycles. The summed E-state index contributed by atoms with van der Waals surface area (Å²) in [6, 6.07) is 17.4. The first-order valence-corrected chi connectivity index (χ1v) is 12.4. The van der Waals surface area contributed by atoms with E-state index in [1.807, 2.05) is 0 Å². The molecule has 1 aromatic heterocycles. The largest absolute Gasteiger partial charge is 0.389 e. The number of hydrogen-bond acceptors (Lipinski definition) is 6. The highest BCUT2D eigenvalue weighted by Crippen LogP contribution is 2.37. The van der Waals surface area contributed by atoms with Crippen molar-refractivity contribution in [3.8, 4) is 0 Å². The lowest BCUT2D eigenvalue weighted by atomic mass is 10.2. The molecule has 3 aromatic rings. The number of hydrogen-bond donors (Lipinski definition) is 3. The molecule has 7 nitrogen and oxygen atoms in total. The molecule has 0 aliphatic heterocycles. The maximum absolute atomic E-state index is 12.5. The zero-order valence-corrected chi connectivity index (χ0v) is 17.1. The predicted molar refractivity (Wildman–Crippen MR) is 114 cm³/mol. The van der Waals surface area contributed by atoms with Crippen LogP contribution in [0.15, 0.2) is 66.0 Å². The van der Waals surface area contributed by atoms with E-state index in [2.05, 4.69) is 9.44 Å². The summed E-state index contributed by atoms with van der Waals surface area (Å²) in [6.07, 6.45) is 0. The number of rotatable bonds is 8. The second kappa shape index (κ2) is 8.21. The number of nitrogen functional groups attached to an aromatic ring is 1. The van der Waals surface area contributed by atoms with Crippen LogP contribution in [0.2, 0.25) is 0 Å². The van der Waals surface area contributed by atoms with Crippen LogP contribution in [0.25, 0.3) is 0 Å². The second-order valence-electron chi connectivity index (χ2n) is 6.08. The van der Waals surface area contributed by atoms with E-state index >= 15 is 0 Å². The highest BCUT2D eigenvalue weighted by atomic mass is 32.2. The first kappa shape index (κ1) is 20.2. The summed E-state index contributed by atoms with van der Waals surface area (Å²) < 4.78 is 54.7. The maximum atomic E-state index is 12.5. The van der Waals surface area contributed by atoms with E-state index in [-0.39, 0.29) is 27.9 Å². The van der Waals surface area contributed by atoms with Crippen LogP contribution < -0.4 is 15.2 Å². The fraction of sp³-hybridized carbons (Fsp3) is 0.111. The Morgan fingerprint density at radius 3 is 1.71 bits per heavy atom. The number of sulfonamides is 2. The highest BCUT2D eigenvalue weighted by molar-refractivity contribution is 7.92. The molecule has 0 spiro atoms. The molecule has 2 aromatic carbocycles. The minimum atomic E-state index is -3.78. The average Bonchev–Trinajstić information content (AvgIpc) is 2.95. The van der Waals surface area contributed by atoms with Gasteiger partial charge in [-0.3, -0.25) is 9.44 Å². The third-order valence-electron chi connectivity index (χ3n) is 3.74. The van der Waals surface area contributed by atoms with Crippen molar-refractivity contribution in [1.82, 2.24) is 0 Å². The van der Waals surface area contributed by atoms with Gasteiger partial charge in [-0.15, -0.1) is 11.3 Å². The number of nitrogens with two attached hydrogens (primary N) is 1. The van der Waals surface area contributed by atoms with Crippen molar-refractivity contribution in [2.24, 2.45) is 0 Å². The van der Waals surface area contributed by atoms with Crippen molar-refractivity contribution in [2.75, 3.05) is 15.2 Å². The molecule has 0 atom stereocenters. The molecule has 0 fully saturated rings. The number of anilines is 3. The molecule has 1 heterocycles. The van der Waals surface area contributed by atoms with Gasteiger partial charge in [0, 0.05) is 5.38 Å². The van der Waals surface area contributed by atoms with E-state index in [0.717, 1.165) is 11.3 Å². The van der Waals surface area contributed by atoms with Gasteiger partial charge in [0.2, 0.25) is 20.0 Å². The average molecular weight is 438 g/mol. The third kappa shape index (κ3) is 5.47. The Morgan fingerprint density at radius 2 is 1.21 bits per heavy atom. The van der Waals surface area contributed by atoms with Gasteiger partial charge in [-0.05, 0) is 11.1 Å². The molecular weight excluding hydrogens is 418 g/mol. The molecule has 28 heavy (non-hydrogen) atoms. The molecule has 0 aliphatic carbocycles. The third-order valence-corrected chi connectivity index (χ3v) is 7.03.